The Labute approximate surface area is 96.4 Å². The average Bonchev–Trinajstić information content (AvgIpc) is 2.32. The summed E-state index contributed by atoms with van der Waals surface area (Å²) in [7, 11) is 0. The molecule has 0 fully saturated rings. The quantitative estimate of drug-likeness (QED) is 0.241. The van der Waals surface area contributed by atoms with Crippen molar-refractivity contribution in [2.75, 3.05) is 6.61 Å². The number of rotatable bonds is 7. The number of hydrogen-bond donors (Lipinski definition) is 5. The van der Waals surface area contributed by atoms with Gasteiger partial charge in [-0.1, -0.05) is 6.58 Å². The second-order valence-corrected chi connectivity index (χ2v) is 3.13. The number of carbonyl (C=O) groups excluding carboxylic acids is 1. The molecule has 17 heavy (non-hydrogen) atoms. The van der Waals surface area contributed by atoms with Crippen LogP contribution in [0.1, 0.15) is 0 Å². The van der Waals surface area contributed by atoms with Crippen LogP contribution in [0, 0.1) is 0 Å². The molecule has 0 spiro atoms. The summed E-state index contributed by atoms with van der Waals surface area (Å²) in [6, 6.07) is 0. The molecule has 4 unspecified atom stereocenters. The van der Waals surface area contributed by atoms with Gasteiger partial charge in [-0.2, -0.15) is 0 Å². The molecule has 0 amide bonds. The van der Waals surface area contributed by atoms with Crippen LogP contribution in [-0.4, -0.2) is 68.5 Å². The van der Waals surface area contributed by atoms with Crippen LogP contribution in [0.2, 0.25) is 0 Å². The van der Waals surface area contributed by atoms with Crippen LogP contribution < -0.4 is 0 Å². The fourth-order valence-electron chi connectivity index (χ4n) is 0.965. The lowest BCUT2D eigenvalue weighted by Crippen LogP contribution is -2.49. The molecule has 0 aliphatic rings. The van der Waals surface area contributed by atoms with E-state index in [1.807, 2.05) is 0 Å². The third-order valence-corrected chi connectivity index (χ3v) is 1.92. The second-order valence-electron chi connectivity index (χ2n) is 3.13. The molecular formula is C9H14O8. The van der Waals surface area contributed by atoms with Crippen molar-refractivity contribution in [2.24, 2.45) is 0 Å². The molecule has 5 N–H and O–H groups in total. The van der Waals surface area contributed by atoms with E-state index in [0.717, 1.165) is 6.08 Å². The molecular weight excluding hydrogens is 236 g/mol. The maximum atomic E-state index is 10.8. The summed E-state index contributed by atoms with van der Waals surface area (Å²) in [5.74, 6) is -2.73. The van der Waals surface area contributed by atoms with Gasteiger partial charge < -0.3 is 30.3 Å². The number of esters is 1. The number of carbonyl (C=O) groups is 2. The number of aliphatic hydroxyl groups excluding tert-OH is 4. The molecule has 8 nitrogen and oxygen atoms in total. The summed E-state index contributed by atoms with van der Waals surface area (Å²) in [6.07, 6.45) is -7.13. The van der Waals surface area contributed by atoms with Crippen molar-refractivity contribution in [2.45, 2.75) is 24.4 Å². The standard InChI is InChI=1S/C9H14O8/c1-2-5(11)17-4(3-10)6(12)7(13)8(14)9(15)16/h2,4,6-8,10,12-14H,1,3H2,(H,15,16). The Hall–Kier alpha value is -1.48. The summed E-state index contributed by atoms with van der Waals surface area (Å²) in [5, 5.41) is 44.8. The monoisotopic (exact) mass is 250 g/mol. The molecule has 0 aliphatic heterocycles. The topological polar surface area (TPSA) is 145 Å². The van der Waals surface area contributed by atoms with Gasteiger partial charge in [-0.05, 0) is 0 Å². The molecule has 0 bridgehead atoms. The van der Waals surface area contributed by atoms with E-state index in [-0.39, 0.29) is 0 Å². The normalized spacial score (nSPS) is 17.6. The van der Waals surface area contributed by atoms with E-state index in [1.165, 1.54) is 0 Å². The zero-order chi connectivity index (χ0) is 13.6. The van der Waals surface area contributed by atoms with Gasteiger partial charge in [0.15, 0.2) is 12.2 Å². The van der Waals surface area contributed by atoms with Gasteiger partial charge >= 0.3 is 11.9 Å². The molecule has 0 aliphatic carbocycles. The Bertz CT molecular complexity index is 289. The number of carboxylic acids is 1. The summed E-state index contributed by atoms with van der Waals surface area (Å²) in [5.41, 5.74) is 0. The molecule has 98 valence electrons. The molecule has 4 atom stereocenters. The third kappa shape index (κ3) is 4.49. The van der Waals surface area contributed by atoms with Crippen molar-refractivity contribution in [3.63, 3.8) is 0 Å². The highest BCUT2D eigenvalue weighted by Gasteiger charge is 2.36. The van der Waals surface area contributed by atoms with Crippen molar-refractivity contribution >= 4 is 11.9 Å². The van der Waals surface area contributed by atoms with E-state index in [0.29, 0.717) is 0 Å². The van der Waals surface area contributed by atoms with Crippen molar-refractivity contribution in [3.05, 3.63) is 12.7 Å². The first-order valence-electron chi connectivity index (χ1n) is 4.56. The molecule has 0 aromatic rings. The van der Waals surface area contributed by atoms with Gasteiger partial charge in [0.2, 0.25) is 0 Å². The van der Waals surface area contributed by atoms with Gasteiger partial charge in [0, 0.05) is 6.08 Å². The minimum atomic E-state index is -2.26. The van der Waals surface area contributed by atoms with Crippen molar-refractivity contribution in [1.82, 2.24) is 0 Å². The lowest BCUT2D eigenvalue weighted by molar-refractivity contribution is -0.173. The molecule has 0 aromatic carbocycles. The van der Waals surface area contributed by atoms with Gasteiger partial charge in [0.25, 0.3) is 0 Å². The first-order valence-corrected chi connectivity index (χ1v) is 4.56. The van der Waals surface area contributed by atoms with Gasteiger partial charge in [0.1, 0.15) is 12.2 Å². The van der Waals surface area contributed by atoms with Crippen LogP contribution in [-0.2, 0) is 14.3 Å². The molecule has 0 saturated carbocycles. The van der Waals surface area contributed by atoms with Crippen molar-refractivity contribution in [1.29, 1.82) is 0 Å². The van der Waals surface area contributed by atoms with Gasteiger partial charge in [-0.15, -0.1) is 0 Å². The van der Waals surface area contributed by atoms with Crippen LogP contribution in [0.25, 0.3) is 0 Å². The number of aliphatic carboxylic acids is 1. The maximum absolute atomic E-state index is 10.8. The predicted molar refractivity (Wildman–Crippen MR) is 52.8 cm³/mol. The first kappa shape index (κ1) is 15.5. The Balaban J connectivity index is 4.62. The number of hydrogen-bond acceptors (Lipinski definition) is 7. The lowest BCUT2D eigenvalue weighted by atomic mass is 10.0. The Morgan fingerprint density at radius 1 is 1.24 bits per heavy atom. The Kier molecular flexibility index (Phi) is 6.36. The van der Waals surface area contributed by atoms with E-state index in [1.54, 1.807) is 0 Å². The summed E-state index contributed by atoms with van der Waals surface area (Å²) in [4.78, 5) is 21.1. The van der Waals surface area contributed by atoms with E-state index in [4.69, 9.17) is 15.3 Å². The zero-order valence-corrected chi connectivity index (χ0v) is 8.76. The Morgan fingerprint density at radius 2 is 1.76 bits per heavy atom. The van der Waals surface area contributed by atoms with Crippen LogP contribution in [0.15, 0.2) is 12.7 Å². The lowest BCUT2D eigenvalue weighted by Gasteiger charge is -2.26. The maximum Gasteiger partial charge on any atom is 0.335 e. The predicted octanol–water partition coefficient (Wildman–Crippen LogP) is -2.76. The van der Waals surface area contributed by atoms with E-state index < -0.39 is 43.0 Å². The smallest absolute Gasteiger partial charge is 0.335 e. The van der Waals surface area contributed by atoms with Crippen LogP contribution in [0.5, 0.6) is 0 Å². The van der Waals surface area contributed by atoms with Gasteiger partial charge in [-0.3, -0.25) is 0 Å². The average molecular weight is 250 g/mol. The van der Waals surface area contributed by atoms with Crippen molar-refractivity contribution in [3.8, 4) is 0 Å². The third-order valence-electron chi connectivity index (χ3n) is 1.92. The van der Waals surface area contributed by atoms with Crippen molar-refractivity contribution < 1.29 is 39.9 Å². The minimum absolute atomic E-state index is 0.759. The highest BCUT2D eigenvalue weighted by molar-refractivity contribution is 5.81. The molecule has 0 radical (unpaired) electrons. The van der Waals surface area contributed by atoms with Gasteiger partial charge in [-0.25, -0.2) is 9.59 Å². The zero-order valence-electron chi connectivity index (χ0n) is 8.76. The highest BCUT2D eigenvalue weighted by atomic mass is 16.6. The highest BCUT2D eigenvalue weighted by Crippen LogP contribution is 2.09. The van der Waals surface area contributed by atoms with Crippen LogP contribution in [0.4, 0.5) is 0 Å². The molecule has 8 heteroatoms. The fraction of sp³-hybridized carbons (Fsp3) is 0.556. The number of aliphatic hydroxyl groups is 4. The van der Waals surface area contributed by atoms with Crippen LogP contribution in [0.3, 0.4) is 0 Å². The molecule has 0 aromatic heterocycles. The van der Waals surface area contributed by atoms with Gasteiger partial charge in [0.05, 0.1) is 6.61 Å². The second kappa shape index (κ2) is 6.97. The SMILES string of the molecule is C=CC(=O)OC(CO)C(O)C(O)C(O)C(=O)O. The first-order chi connectivity index (χ1) is 7.84. The number of ether oxygens (including phenoxy) is 1. The number of carboxylic acid groups (broad SMARTS) is 1. The van der Waals surface area contributed by atoms with Crippen LogP contribution >= 0.6 is 0 Å². The molecule has 0 saturated heterocycles. The summed E-state index contributed by atoms with van der Waals surface area (Å²) < 4.78 is 4.44. The minimum Gasteiger partial charge on any atom is -0.479 e. The molecule has 0 rings (SSSR count). The Morgan fingerprint density at radius 3 is 2.12 bits per heavy atom. The van der Waals surface area contributed by atoms with E-state index >= 15 is 0 Å². The molecule has 0 heterocycles. The fourth-order valence-corrected chi connectivity index (χ4v) is 0.965. The largest absolute Gasteiger partial charge is 0.479 e. The summed E-state index contributed by atoms with van der Waals surface area (Å²) in [6.45, 7) is 2.21. The van der Waals surface area contributed by atoms with E-state index in [2.05, 4.69) is 11.3 Å². The van der Waals surface area contributed by atoms with E-state index in [9.17, 15) is 19.8 Å². The summed E-state index contributed by atoms with van der Waals surface area (Å²) >= 11 is 0.